The Hall–Kier alpha value is -2.24. The second-order valence-corrected chi connectivity index (χ2v) is 3.49. The van der Waals surface area contributed by atoms with Gasteiger partial charge in [0.1, 0.15) is 5.82 Å². The minimum absolute atomic E-state index is 0.0394. The summed E-state index contributed by atoms with van der Waals surface area (Å²) in [6.07, 6.45) is 3.02. The number of nitrogens with two attached hydrogens (primary N) is 1. The van der Waals surface area contributed by atoms with Gasteiger partial charge in [0.25, 0.3) is 0 Å². The number of halogens is 2. The second kappa shape index (κ2) is 4.32. The van der Waals surface area contributed by atoms with E-state index in [1.165, 1.54) is 6.20 Å². The molecule has 0 radical (unpaired) electrons. The van der Waals surface area contributed by atoms with Crippen LogP contribution < -0.4 is 5.73 Å². The fourth-order valence-electron chi connectivity index (χ4n) is 1.45. The van der Waals surface area contributed by atoms with Crippen molar-refractivity contribution in [3.8, 4) is 0 Å². The molecule has 0 amide bonds. The molecule has 0 fully saturated rings. The second-order valence-electron chi connectivity index (χ2n) is 3.49. The number of ketones is 1. The molecule has 0 bridgehead atoms. The maximum atomic E-state index is 13.0. The number of hydrogen-bond donors (Lipinski definition) is 2. The Labute approximate surface area is 95.5 Å². The molecular formula is C11H9F2N3O. The predicted molar refractivity (Wildman–Crippen MR) is 57.4 cm³/mol. The van der Waals surface area contributed by atoms with Gasteiger partial charge in [-0.3, -0.25) is 4.79 Å². The summed E-state index contributed by atoms with van der Waals surface area (Å²) in [6.45, 7) is 0. The van der Waals surface area contributed by atoms with E-state index < -0.39 is 17.4 Å². The Morgan fingerprint density at radius 2 is 2.06 bits per heavy atom. The van der Waals surface area contributed by atoms with Crippen LogP contribution in [-0.4, -0.2) is 15.8 Å². The number of carbonyl (C=O) groups is 1. The Balaban J connectivity index is 2.28. The molecule has 2 aromatic rings. The lowest BCUT2D eigenvalue weighted by Crippen LogP contribution is -2.09. The maximum Gasteiger partial charge on any atom is 0.172 e. The summed E-state index contributed by atoms with van der Waals surface area (Å²) < 4.78 is 25.8. The number of Topliss-reactive ketones (excluding diaryl/α,β-unsaturated/α-hetero) is 1. The third-order valence-electron chi connectivity index (χ3n) is 2.28. The van der Waals surface area contributed by atoms with Crippen LogP contribution in [0.15, 0.2) is 24.5 Å². The van der Waals surface area contributed by atoms with E-state index in [-0.39, 0.29) is 17.7 Å². The van der Waals surface area contributed by atoms with E-state index in [9.17, 15) is 13.6 Å². The smallest absolute Gasteiger partial charge is 0.172 e. The van der Waals surface area contributed by atoms with Crippen molar-refractivity contribution >= 4 is 11.5 Å². The largest absolute Gasteiger partial charge is 0.398 e. The number of imidazole rings is 1. The zero-order chi connectivity index (χ0) is 12.4. The first-order valence-corrected chi connectivity index (χ1v) is 4.84. The SMILES string of the molecule is Nc1cc(F)c(F)cc1C(=O)Cc1ncc[nH]1. The Bertz CT molecular complexity index is 552. The van der Waals surface area contributed by atoms with Crippen LogP contribution in [0.3, 0.4) is 0 Å². The van der Waals surface area contributed by atoms with Crippen LogP contribution in [0.2, 0.25) is 0 Å². The molecule has 17 heavy (non-hydrogen) atoms. The minimum atomic E-state index is -1.10. The molecule has 3 N–H and O–H groups in total. The van der Waals surface area contributed by atoms with Gasteiger partial charge in [-0.25, -0.2) is 13.8 Å². The molecule has 0 saturated carbocycles. The van der Waals surface area contributed by atoms with Crippen molar-refractivity contribution in [2.75, 3.05) is 5.73 Å². The summed E-state index contributed by atoms with van der Waals surface area (Å²) in [5, 5.41) is 0. The quantitative estimate of drug-likeness (QED) is 0.630. The van der Waals surface area contributed by atoms with Crippen LogP contribution in [0.5, 0.6) is 0 Å². The molecule has 2 rings (SSSR count). The molecule has 1 heterocycles. The predicted octanol–water partition coefficient (Wildman–Crippen LogP) is 1.70. The molecule has 0 aliphatic carbocycles. The van der Waals surface area contributed by atoms with Gasteiger partial charge in [-0.05, 0) is 6.07 Å². The number of nitrogen functional groups attached to an aromatic ring is 1. The number of benzene rings is 1. The highest BCUT2D eigenvalue weighted by molar-refractivity contribution is 6.01. The summed E-state index contributed by atoms with van der Waals surface area (Å²) >= 11 is 0. The van der Waals surface area contributed by atoms with Gasteiger partial charge in [0.15, 0.2) is 17.4 Å². The first kappa shape index (κ1) is 11.3. The molecule has 4 nitrogen and oxygen atoms in total. The fourth-order valence-corrected chi connectivity index (χ4v) is 1.45. The molecule has 0 spiro atoms. The molecule has 0 unspecified atom stereocenters. The number of carbonyl (C=O) groups excluding carboxylic acids is 1. The van der Waals surface area contributed by atoms with Gasteiger partial charge < -0.3 is 10.7 Å². The van der Waals surface area contributed by atoms with E-state index in [0.717, 1.165) is 12.1 Å². The van der Waals surface area contributed by atoms with Crippen LogP contribution in [-0.2, 0) is 6.42 Å². The summed E-state index contributed by atoms with van der Waals surface area (Å²) in [6, 6.07) is 1.60. The number of aromatic nitrogens is 2. The third-order valence-corrected chi connectivity index (χ3v) is 2.28. The number of nitrogens with one attached hydrogen (secondary N) is 1. The van der Waals surface area contributed by atoms with Gasteiger partial charge in [0, 0.05) is 29.7 Å². The zero-order valence-corrected chi connectivity index (χ0v) is 8.71. The van der Waals surface area contributed by atoms with Gasteiger partial charge in [0.2, 0.25) is 0 Å². The van der Waals surface area contributed by atoms with E-state index in [0.29, 0.717) is 5.82 Å². The molecule has 0 atom stereocenters. The molecule has 1 aromatic carbocycles. The number of H-pyrrole nitrogens is 1. The number of nitrogens with zero attached hydrogens (tertiary/aromatic N) is 1. The molecule has 1 aromatic heterocycles. The fraction of sp³-hybridized carbons (Fsp3) is 0.0909. The Morgan fingerprint density at radius 1 is 1.35 bits per heavy atom. The molecule has 88 valence electrons. The highest BCUT2D eigenvalue weighted by Crippen LogP contribution is 2.18. The lowest BCUT2D eigenvalue weighted by atomic mass is 10.1. The van der Waals surface area contributed by atoms with Gasteiger partial charge >= 0.3 is 0 Å². The average molecular weight is 237 g/mol. The number of hydrogen-bond acceptors (Lipinski definition) is 3. The van der Waals surface area contributed by atoms with E-state index >= 15 is 0 Å². The first-order chi connectivity index (χ1) is 8.08. The first-order valence-electron chi connectivity index (χ1n) is 4.84. The van der Waals surface area contributed by atoms with Gasteiger partial charge in [-0.2, -0.15) is 0 Å². The van der Waals surface area contributed by atoms with Crippen LogP contribution in [0.1, 0.15) is 16.2 Å². The highest BCUT2D eigenvalue weighted by Gasteiger charge is 2.15. The monoisotopic (exact) mass is 237 g/mol. The van der Waals surface area contributed by atoms with Crippen molar-refractivity contribution in [3.63, 3.8) is 0 Å². The van der Waals surface area contributed by atoms with Crippen LogP contribution in [0.25, 0.3) is 0 Å². The number of anilines is 1. The Kier molecular flexibility index (Phi) is 2.86. The van der Waals surface area contributed by atoms with Crippen LogP contribution in [0, 0.1) is 11.6 Å². The van der Waals surface area contributed by atoms with Gasteiger partial charge in [-0.1, -0.05) is 0 Å². The lowest BCUT2D eigenvalue weighted by Gasteiger charge is -2.04. The number of aromatic amines is 1. The van der Waals surface area contributed by atoms with Crippen molar-refractivity contribution in [3.05, 3.63) is 47.5 Å². The summed E-state index contributed by atoms with van der Waals surface area (Å²) in [5.41, 5.74) is 5.34. The summed E-state index contributed by atoms with van der Waals surface area (Å²) in [5.74, 6) is -2.14. The molecule has 0 aliphatic rings. The van der Waals surface area contributed by atoms with Gasteiger partial charge in [-0.15, -0.1) is 0 Å². The maximum absolute atomic E-state index is 13.0. The van der Waals surface area contributed by atoms with Crippen molar-refractivity contribution in [2.45, 2.75) is 6.42 Å². The minimum Gasteiger partial charge on any atom is -0.398 e. The van der Waals surface area contributed by atoms with E-state index in [1.54, 1.807) is 6.20 Å². The van der Waals surface area contributed by atoms with E-state index in [2.05, 4.69) is 9.97 Å². The molecule has 0 saturated heterocycles. The van der Waals surface area contributed by atoms with Crippen molar-refractivity contribution in [1.29, 1.82) is 0 Å². The third kappa shape index (κ3) is 2.30. The van der Waals surface area contributed by atoms with Crippen LogP contribution >= 0.6 is 0 Å². The normalized spacial score (nSPS) is 10.5. The van der Waals surface area contributed by atoms with Gasteiger partial charge in [0.05, 0.1) is 6.42 Å². The molecule has 6 heteroatoms. The lowest BCUT2D eigenvalue weighted by molar-refractivity contribution is 0.0991. The van der Waals surface area contributed by atoms with E-state index in [1.807, 2.05) is 0 Å². The standard InChI is InChI=1S/C11H9F2N3O/c12-7-3-6(9(14)4-8(7)13)10(17)5-11-15-1-2-16-11/h1-4H,5,14H2,(H,15,16). The average Bonchev–Trinajstić information content (AvgIpc) is 2.76. The molecular weight excluding hydrogens is 228 g/mol. The Morgan fingerprint density at radius 3 is 2.71 bits per heavy atom. The van der Waals surface area contributed by atoms with Crippen LogP contribution in [0.4, 0.5) is 14.5 Å². The summed E-state index contributed by atoms with van der Waals surface area (Å²) in [7, 11) is 0. The van der Waals surface area contributed by atoms with Crippen molar-refractivity contribution in [2.24, 2.45) is 0 Å². The van der Waals surface area contributed by atoms with E-state index in [4.69, 9.17) is 5.73 Å². The zero-order valence-electron chi connectivity index (χ0n) is 8.71. The topological polar surface area (TPSA) is 71.8 Å². The highest BCUT2D eigenvalue weighted by atomic mass is 19.2. The molecule has 0 aliphatic heterocycles. The van der Waals surface area contributed by atoms with Crippen molar-refractivity contribution < 1.29 is 13.6 Å². The van der Waals surface area contributed by atoms with Crippen molar-refractivity contribution in [1.82, 2.24) is 9.97 Å². The number of rotatable bonds is 3. The summed E-state index contributed by atoms with van der Waals surface area (Å²) in [4.78, 5) is 18.4.